The molecule has 0 spiro atoms. The van der Waals surface area contributed by atoms with E-state index in [1.807, 2.05) is 0 Å². The number of hydrogen-bond donors (Lipinski definition) is 2. The third-order valence-electron chi connectivity index (χ3n) is 2.19. The van der Waals surface area contributed by atoms with Crippen LogP contribution in [0.1, 0.15) is 0 Å². The molecule has 0 radical (unpaired) electrons. The van der Waals surface area contributed by atoms with Crippen LogP contribution in [0.3, 0.4) is 0 Å². The molecule has 78 valence electrons. The molecule has 1 saturated heterocycles. The molecule has 1 aliphatic rings. The highest BCUT2D eigenvalue weighted by atomic mass is 19.4. The van der Waals surface area contributed by atoms with E-state index in [-0.39, 0.29) is 6.54 Å². The van der Waals surface area contributed by atoms with Gasteiger partial charge < -0.3 is 11.1 Å². The third-order valence-corrected chi connectivity index (χ3v) is 2.19. The van der Waals surface area contributed by atoms with E-state index in [1.165, 1.54) is 4.90 Å². The average Bonchev–Trinajstić information content (AvgIpc) is 2.05. The lowest BCUT2D eigenvalue weighted by Crippen LogP contribution is -2.56. The monoisotopic (exact) mass is 197 g/mol. The first-order valence-corrected chi connectivity index (χ1v) is 4.27. The molecule has 0 aromatic carbocycles. The summed E-state index contributed by atoms with van der Waals surface area (Å²) in [5.41, 5.74) is 5.11. The zero-order valence-electron chi connectivity index (χ0n) is 7.27. The second-order valence-corrected chi connectivity index (χ2v) is 3.08. The van der Waals surface area contributed by atoms with Crippen LogP contribution in [-0.2, 0) is 0 Å². The number of hydrogen-bond acceptors (Lipinski definition) is 3. The van der Waals surface area contributed by atoms with E-state index in [2.05, 4.69) is 5.32 Å². The Bertz CT molecular complexity index is 154. The molecular weight excluding hydrogens is 183 g/mol. The van der Waals surface area contributed by atoms with Crippen molar-refractivity contribution in [3.05, 3.63) is 0 Å². The predicted molar refractivity (Wildman–Crippen MR) is 43.3 cm³/mol. The highest BCUT2D eigenvalue weighted by Crippen LogP contribution is 2.24. The summed E-state index contributed by atoms with van der Waals surface area (Å²) in [5, 5.41) is 3.00. The minimum atomic E-state index is -4.20. The van der Waals surface area contributed by atoms with Crippen molar-refractivity contribution in [2.45, 2.75) is 12.2 Å². The highest BCUT2D eigenvalue weighted by molar-refractivity contribution is 4.82. The van der Waals surface area contributed by atoms with Gasteiger partial charge in [-0.3, -0.25) is 4.90 Å². The molecule has 0 aromatic heterocycles. The summed E-state index contributed by atoms with van der Waals surface area (Å²) in [7, 11) is 0. The van der Waals surface area contributed by atoms with Gasteiger partial charge in [0.2, 0.25) is 0 Å². The van der Waals surface area contributed by atoms with Gasteiger partial charge in [-0.05, 0) is 0 Å². The zero-order chi connectivity index (χ0) is 9.90. The average molecular weight is 197 g/mol. The first kappa shape index (κ1) is 10.7. The van der Waals surface area contributed by atoms with Crippen LogP contribution in [0.5, 0.6) is 0 Å². The minimum Gasteiger partial charge on any atom is -0.329 e. The van der Waals surface area contributed by atoms with E-state index >= 15 is 0 Å². The van der Waals surface area contributed by atoms with Crippen molar-refractivity contribution in [2.24, 2.45) is 5.73 Å². The van der Waals surface area contributed by atoms with Crippen molar-refractivity contribution in [1.29, 1.82) is 0 Å². The third kappa shape index (κ3) is 2.82. The van der Waals surface area contributed by atoms with Crippen LogP contribution in [0, 0.1) is 0 Å². The molecule has 13 heavy (non-hydrogen) atoms. The van der Waals surface area contributed by atoms with Gasteiger partial charge in [0.05, 0.1) is 0 Å². The van der Waals surface area contributed by atoms with Gasteiger partial charge in [-0.25, -0.2) is 0 Å². The van der Waals surface area contributed by atoms with Gasteiger partial charge in [0.1, 0.15) is 6.04 Å². The molecule has 3 N–H and O–H groups in total. The van der Waals surface area contributed by atoms with E-state index in [0.29, 0.717) is 26.2 Å². The minimum absolute atomic E-state index is 0.358. The van der Waals surface area contributed by atoms with Crippen LogP contribution in [0.2, 0.25) is 0 Å². The first-order valence-electron chi connectivity index (χ1n) is 4.27. The van der Waals surface area contributed by atoms with E-state index in [4.69, 9.17) is 5.73 Å². The standard InChI is InChI=1S/C7H14F3N3/c8-7(9,10)6(5-11)13-3-1-12-2-4-13/h6,12H,1-5,11H2. The Morgan fingerprint density at radius 3 is 2.23 bits per heavy atom. The summed E-state index contributed by atoms with van der Waals surface area (Å²) in [6, 6.07) is -1.48. The fraction of sp³-hybridized carbons (Fsp3) is 1.00. The molecule has 1 unspecified atom stereocenters. The second kappa shape index (κ2) is 4.26. The lowest BCUT2D eigenvalue weighted by molar-refractivity contribution is -0.182. The smallest absolute Gasteiger partial charge is 0.329 e. The molecule has 6 heteroatoms. The molecule has 1 atom stereocenters. The number of alkyl halides is 3. The maximum absolute atomic E-state index is 12.4. The van der Waals surface area contributed by atoms with Crippen molar-refractivity contribution in [1.82, 2.24) is 10.2 Å². The second-order valence-electron chi connectivity index (χ2n) is 3.08. The molecule has 1 heterocycles. The van der Waals surface area contributed by atoms with Crippen molar-refractivity contribution in [3.8, 4) is 0 Å². The van der Waals surface area contributed by atoms with Crippen LogP contribution in [0.25, 0.3) is 0 Å². The summed E-state index contributed by atoms with van der Waals surface area (Å²) in [4.78, 5) is 1.39. The summed E-state index contributed by atoms with van der Waals surface area (Å²) in [6.45, 7) is 1.69. The van der Waals surface area contributed by atoms with Crippen molar-refractivity contribution >= 4 is 0 Å². The van der Waals surface area contributed by atoms with Crippen molar-refractivity contribution in [3.63, 3.8) is 0 Å². The zero-order valence-corrected chi connectivity index (χ0v) is 7.27. The number of rotatable bonds is 2. The number of piperazine rings is 1. The first-order chi connectivity index (χ1) is 6.05. The summed E-state index contributed by atoms with van der Waals surface area (Å²) >= 11 is 0. The van der Waals surface area contributed by atoms with E-state index in [0.717, 1.165) is 0 Å². The maximum Gasteiger partial charge on any atom is 0.405 e. The van der Waals surface area contributed by atoms with E-state index < -0.39 is 12.2 Å². The molecule has 0 saturated carbocycles. The van der Waals surface area contributed by atoms with Gasteiger partial charge in [-0.15, -0.1) is 0 Å². The molecule has 1 aliphatic heterocycles. The van der Waals surface area contributed by atoms with Crippen LogP contribution >= 0.6 is 0 Å². The molecule has 0 aliphatic carbocycles. The number of nitrogens with one attached hydrogen (secondary N) is 1. The van der Waals surface area contributed by atoms with Gasteiger partial charge in [0.25, 0.3) is 0 Å². The SMILES string of the molecule is NCC(N1CCNCC1)C(F)(F)F. The van der Waals surface area contributed by atoms with Crippen molar-refractivity contribution in [2.75, 3.05) is 32.7 Å². The van der Waals surface area contributed by atoms with E-state index in [1.54, 1.807) is 0 Å². The lowest BCUT2D eigenvalue weighted by atomic mass is 10.2. The Hall–Kier alpha value is -0.330. The summed E-state index contributed by atoms with van der Waals surface area (Å²) in [5.74, 6) is 0. The quantitative estimate of drug-likeness (QED) is 0.643. The Labute approximate surface area is 75.1 Å². The molecule has 1 rings (SSSR count). The van der Waals surface area contributed by atoms with Gasteiger partial charge in [0, 0.05) is 32.7 Å². The van der Waals surface area contributed by atoms with Crippen LogP contribution < -0.4 is 11.1 Å². The fourth-order valence-corrected chi connectivity index (χ4v) is 1.48. The molecule has 0 amide bonds. The van der Waals surface area contributed by atoms with Crippen molar-refractivity contribution < 1.29 is 13.2 Å². The maximum atomic E-state index is 12.4. The molecule has 0 aromatic rings. The van der Waals surface area contributed by atoms with Gasteiger partial charge >= 0.3 is 6.18 Å². The normalized spacial score (nSPS) is 23.1. The lowest BCUT2D eigenvalue weighted by Gasteiger charge is -2.35. The number of nitrogens with two attached hydrogens (primary N) is 1. The fourth-order valence-electron chi connectivity index (χ4n) is 1.48. The van der Waals surface area contributed by atoms with Gasteiger partial charge in [0.15, 0.2) is 0 Å². The van der Waals surface area contributed by atoms with E-state index in [9.17, 15) is 13.2 Å². The number of halogens is 3. The van der Waals surface area contributed by atoms with Crippen LogP contribution in [0.15, 0.2) is 0 Å². The van der Waals surface area contributed by atoms with Crippen LogP contribution in [-0.4, -0.2) is 49.8 Å². The van der Waals surface area contributed by atoms with Gasteiger partial charge in [-0.2, -0.15) is 13.2 Å². The Balaban J connectivity index is 2.54. The molecule has 1 fully saturated rings. The summed E-state index contributed by atoms with van der Waals surface area (Å²) < 4.78 is 37.1. The summed E-state index contributed by atoms with van der Waals surface area (Å²) in [6.07, 6.45) is -4.20. The topological polar surface area (TPSA) is 41.3 Å². The van der Waals surface area contributed by atoms with Crippen LogP contribution in [0.4, 0.5) is 13.2 Å². The Morgan fingerprint density at radius 1 is 1.31 bits per heavy atom. The number of nitrogens with zero attached hydrogens (tertiary/aromatic N) is 1. The highest BCUT2D eigenvalue weighted by Gasteiger charge is 2.42. The Morgan fingerprint density at radius 2 is 1.85 bits per heavy atom. The molecule has 0 bridgehead atoms. The largest absolute Gasteiger partial charge is 0.405 e. The molecular formula is C7H14F3N3. The molecule has 3 nitrogen and oxygen atoms in total. The Kier molecular flexibility index (Phi) is 3.52. The predicted octanol–water partition coefficient (Wildman–Crippen LogP) is -0.219. The van der Waals surface area contributed by atoms with Gasteiger partial charge in [-0.1, -0.05) is 0 Å².